The molecule has 1 saturated carbocycles. The van der Waals surface area contributed by atoms with E-state index in [4.69, 9.17) is 0 Å². The van der Waals surface area contributed by atoms with Gasteiger partial charge in [-0.25, -0.2) is 0 Å². The molecule has 1 fully saturated rings. The molecule has 104 valence electrons. The summed E-state index contributed by atoms with van der Waals surface area (Å²) in [5.41, 5.74) is 3.09. The molecule has 0 aromatic heterocycles. The summed E-state index contributed by atoms with van der Waals surface area (Å²) < 4.78 is 0. The van der Waals surface area contributed by atoms with E-state index in [0.717, 1.165) is 12.6 Å². The molecule has 0 spiro atoms. The van der Waals surface area contributed by atoms with Crippen LogP contribution in [0.4, 0.5) is 0 Å². The molecule has 2 heteroatoms. The Labute approximate surface area is 117 Å². The molecule has 0 aliphatic heterocycles. The van der Waals surface area contributed by atoms with Crippen LogP contribution in [0.15, 0.2) is 24.3 Å². The fourth-order valence-corrected chi connectivity index (χ4v) is 3.74. The van der Waals surface area contributed by atoms with E-state index in [1.165, 1.54) is 32.2 Å². The number of benzene rings is 1. The Balaban J connectivity index is 1.88. The zero-order chi connectivity index (χ0) is 13.2. The summed E-state index contributed by atoms with van der Waals surface area (Å²) in [6, 6.07) is 11.1. The van der Waals surface area contributed by atoms with E-state index in [-0.39, 0.29) is 0 Å². The molecule has 1 aromatic rings. The van der Waals surface area contributed by atoms with Gasteiger partial charge in [0, 0.05) is 18.1 Å². The largest absolute Gasteiger partial charge is 0.309 e. The van der Waals surface area contributed by atoms with E-state index < -0.39 is 0 Å². The normalized spacial score (nSPS) is 26.5. The Morgan fingerprint density at radius 2 is 1.95 bits per heavy atom. The SMILES string of the molecule is CCNC1c2ccccc2CCC1N(CC)C1CC1. The fourth-order valence-electron chi connectivity index (χ4n) is 3.74. The van der Waals surface area contributed by atoms with Crippen molar-refractivity contribution in [2.75, 3.05) is 13.1 Å². The van der Waals surface area contributed by atoms with Crippen LogP contribution in [0.3, 0.4) is 0 Å². The van der Waals surface area contributed by atoms with E-state index >= 15 is 0 Å². The number of aryl methyl sites for hydroxylation is 1. The van der Waals surface area contributed by atoms with E-state index in [0.29, 0.717) is 12.1 Å². The van der Waals surface area contributed by atoms with Crippen LogP contribution in [0.1, 0.15) is 50.3 Å². The monoisotopic (exact) mass is 258 g/mol. The van der Waals surface area contributed by atoms with Gasteiger partial charge in [-0.05, 0) is 49.9 Å². The third-order valence-electron chi connectivity index (χ3n) is 4.72. The van der Waals surface area contributed by atoms with Crippen molar-refractivity contribution in [2.24, 2.45) is 0 Å². The predicted molar refractivity (Wildman–Crippen MR) is 80.4 cm³/mol. The molecular formula is C17H26N2. The lowest BCUT2D eigenvalue weighted by molar-refractivity contribution is 0.139. The van der Waals surface area contributed by atoms with Crippen molar-refractivity contribution < 1.29 is 0 Å². The molecule has 0 saturated heterocycles. The molecule has 0 amide bonds. The fraction of sp³-hybridized carbons (Fsp3) is 0.647. The van der Waals surface area contributed by atoms with Gasteiger partial charge in [0.05, 0.1) is 0 Å². The Bertz CT molecular complexity index is 425. The van der Waals surface area contributed by atoms with E-state index in [2.05, 4.69) is 48.3 Å². The minimum Gasteiger partial charge on any atom is -0.309 e. The van der Waals surface area contributed by atoms with Gasteiger partial charge in [0.1, 0.15) is 0 Å². The number of rotatable bonds is 5. The maximum atomic E-state index is 3.75. The van der Waals surface area contributed by atoms with Crippen LogP contribution in [0, 0.1) is 0 Å². The standard InChI is InChI=1S/C17H26N2/c1-3-18-17-15-8-6-5-7-13(15)9-12-16(17)19(4-2)14-10-11-14/h5-8,14,16-18H,3-4,9-12H2,1-2H3. The Hall–Kier alpha value is -0.860. The van der Waals surface area contributed by atoms with Crippen molar-refractivity contribution in [2.45, 2.75) is 57.7 Å². The maximum Gasteiger partial charge on any atom is 0.0481 e. The zero-order valence-electron chi connectivity index (χ0n) is 12.2. The van der Waals surface area contributed by atoms with E-state index in [9.17, 15) is 0 Å². The number of likely N-dealkylation sites (N-methyl/N-ethyl adjacent to an activating group) is 2. The second kappa shape index (κ2) is 5.64. The molecule has 2 aliphatic rings. The molecule has 2 aliphatic carbocycles. The lowest BCUT2D eigenvalue weighted by atomic mass is 9.83. The van der Waals surface area contributed by atoms with Crippen molar-refractivity contribution in [3.8, 4) is 0 Å². The van der Waals surface area contributed by atoms with Crippen LogP contribution >= 0.6 is 0 Å². The minimum absolute atomic E-state index is 0.524. The van der Waals surface area contributed by atoms with Gasteiger partial charge in [-0.3, -0.25) is 4.90 Å². The molecule has 19 heavy (non-hydrogen) atoms. The van der Waals surface area contributed by atoms with E-state index in [1.54, 1.807) is 11.1 Å². The Morgan fingerprint density at radius 1 is 1.16 bits per heavy atom. The molecule has 2 unspecified atom stereocenters. The number of hydrogen-bond donors (Lipinski definition) is 1. The highest BCUT2D eigenvalue weighted by Crippen LogP contribution is 2.38. The highest BCUT2D eigenvalue weighted by molar-refractivity contribution is 5.34. The summed E-state index contributed by atoms with van der Waals surface area (Å²) in [5, 5.41) is 3.75. The van der Waals surface area contributed by atoms with Crippen molar-refractivity contribution in [1.29, 1.82) is 0 Å². The van der Waals surface area contributed by atoms with Gasteiger partial charge in [0.15, 0.2) is 0 Å². The van der Waals surface area contributed by atoms with Crippen LogP contribution in [-0.2, 0) is 6.42 Å². The van der Waals surface area contributed by atoms with Crippen LogP contribution in [0.25, 0.3) is 0 Å². The quantitative estimate of drug-likeness (QED) is 0.873. The summed E-state index contributed by atoms with van der Waals surface area (Å²) in [5.74, 6) is 0. The van der Waals surface area contributed by atoms with Crippen LogP contribution in [-0.4, -0.2) is 30.1 Å². The molecular weight excluding hydrogens is 232 g/mol. The van der Waals surface area contributed by atoms with Gasteiger partial charge < -0.3 is 5.32 Å². The molecule has 0 bridgehead atoms. The number of hydrogen-bond acceptors (Lipinski definition) is 2. The van der Waals surface area contributed by atoms with Gasteiger partial charge in [0.25, 0.3) is 0 Å². The van der Waals surface area contributed by atoms with E-state index in [1.807, 2.05) is 0 Å². The highest BCUT2D eigenvalue weighted by atomic mass is 15.2. The van der Waals surface area contributed by atoms with Crippen LogP contribution in [0.2, 0.25) is 0 Å². The van der Waals surface area contributed by atoms with Crippen molar-refractivity contribution in [3.63, 3.8) is 0 Å². The Kier molecular flexibility index (Phi) is 3.90. The first-order valence-electron chi connectivity index (χ1n) is 7.92. The molecule has 1 aromatic carbocycles. The second-order valence-corrected chi connectivity index (χ2v) is 5.90. The topological polar surface area (TPSA) is 15.3 Å². The third-order valence-corrected chi connectivity index (χ3v) is 4.72. The minimum atomic E-state index is 0.524. The van der Waals surface area contributed by atoms with Crippen LogP contribution < -0.4 is 5.32 Å². The van der Waals surface area contributed by atoms with Gasteiger partial charge in [-0.1, -0.05) is 38.1 Å². The second-order valence-electron chi connectivity index (χ2n) is 5.90. The van der Waals surface area contributed by atoms with Crippen LogP contribution in [0.5, 0.6) is 0 Å². The molecule has 2 nitrogen and oxygen atoms in total. The van der Waals surface area contributed by atoms with Crippen molar-refractivity contribution >= 4 is 0 Å². The van der Waals surface area contributed by atoms with Gasteiger partial charge in [-0.2, -0.15) is 0 Å². The smallest absolute Gasteiger partial charge is 0.0481 e. The first kappa shape index (κ1) is 13.1. The molecule has 0 radical (unpaired) electrons. The number of fused-ring (bicyclic) bond motifs is 1. The maximum absolute atomic E-state index is 3.75. The molecule has 2 atom stereocenters. The predicted octanol–water partition coefficient (Wildman–Crippen LogP) is 3.14. The molecule has 1 N–H and O–H groups in total. The van der Waals surface area contributed by atoms with Gasteiger partial charge >= 0.3 is 0 Å². The zero-order valence-corrected chi connectivity index (χ0v) is 12.2. The van der Waals surface area contributed by atoms with Crippen molar-refractivity contribution in [3.05, 3.63) is 35.4 Å². The third kappa shape index (κ3) is 2.56. The molecule has 3 rings (SSSR count). The molecule has 0 heterocycles. The highest BCUT2D eigenvalue weighted by Gasteiger charge is 2.38. The summed E-state index contributed by atoms with van der Waals surface area (Å²) >= 11 is 0. The summed E-state index contributed by atoms with van der Waals surface area (Å²) in [7, 11) is 0. The average Bonchev–Trinajstić information content (AvgIpc) is 3.26. The number of nitrogens with one attached hydrogen (secondary N) is 1. The van der Waals surface area contributed by atoms with Crippen molar-refractivity contribution in [1.82, 2.24) is 10.2 Å². The first-order chi connectivity index (χ1) is 9.35. The van der Waals surface area contributed by atoms with Gasteiger partial charge in [-0.15, -0.1) is 0 Å². The van der Waals surface area contributed by atoms with Gasteiger partial charge in [0.2, 0.25) is 0 Å². The number of nitrogens with zero attached hydrogens (tertiary/aromatic N) is 1. The summed E-state index contributed by atoms with van der Waals surface area (Å²) in [6.07, 6.45) is 5.36. The lowest BCUT2D eigenvalue weighted by Gasteiger charge is -2.41. The summed E-state index contributed by atoms with van der Waals surface area (Å²) in [4.78, 5) is 2.75. The average molecular weight is 258 g/mol. The lowest BCUT2D eigenvalue weighted by Crippen LogP contribution is -2.48. The summed E-state index contributed by atoms with van der Waals surface area (Å²) in [6.45, 7) is 6.79. The Morgan fingerprint density at radius 3 is 2.63 bits per heavy atom. The first-order valence-corrected chi connectivity index (χ1v) is 7.92.